The van der Waals surface area contributed by atoms with E-state index >= 15 is 0 Å². The number of carbonyl (C=O) groups is 1. The minimum atomic E-state index is -0.165. The number of aromatic nitrogens is 1. The standard InChI is InChI=1S/C15H16N2O2S/c18-14(12-17-10-5-4-8-15(17)19)16-9-11-20-13-6-2-1-3-7-13/h1-8,10H,9,11-12H2,(H,16,18). The lowest BCUT2D eigenvalue weighted by atomic mass is 10.4. The normalized spacial score (nSPS) is 10.2. The van der Waals surface area contributed by atoms with Crippen molar-refractivity contribution >= 4 is 17.7 Å². The number of hydrogen-bond acceptors (Lipinski definition) is 3. The third-order valence-corrected chi connectivity index (χ3v) is 3.66. The Morgan fingerprint density at radius 2 is 1.85 bits per heavy atom. The average Bonchev–Trinajstić information content (AvgIpc) is 2.47. The first-order valence-electron chi connectivity index (χ1n) is 6.36. The van der Waals surface area contributed by atoms with Gasteiger partial charge in [0, 0.05) is 29.5 Å². The second-order valence-corrected chi connectivity index (χ2v) is 5.35. The van der Waals surface area contributed by atoms with Gasteiger partial charge in [0.2, 0.25) is 5.91 Å². The number of carbonyl (C=O) groups excluding carboxylic acids is 1. The highest BCUT2D eigenvalue weighted by Gasteiger charge is 2.03. The molecule has 5 heteroatoms. The van der Waals surface area contributed by atoms with Crippen LogP contribution in [0.1, 0.15) is 0 Å². The molecule has 0 radical (unpaired) electrons. The van der Waals surface area contributed by atoms with E-state index in [4.69, 9.17) is 0 Å². The van der Waals surface area contributed by atoms with Crippen LogP contribution in [-0.2, 0) is 11.3 Å². The Morgan fingerprint density at radius 3 is 2.60 bits per heavy atom. The second kappa shape index (κ2) is 7.55. The molecule has 2 rings (SSSR count). The lowest BCUT2D eigenvalue weighted by Gasteiger charge is -2.07. The molecule has 0 aliphatic rings. The van der Waals surface area contributed by atoms with Crippen LogP contribution in [-0.4, -0.2) is 22.8 Å². The quantitative estimate of drug-likeness (QED) is 0.651. The van der Waals surface area contributed by atoms with Crippen molar-refractivity contribution in [2.75, 3.05) is 12.3 Å². The van der Waals surface area contributed by atoms with E-state index in [-0.39, 0.29) is 18.0 Å². The van der Waals surface area contributed by atoms with E-state index < -0.39 is 0 Å². The van der Waals surface area contributed by atoms with Gasteiger partial charge in [0.1, 0.15) is 6.54 Å². The number of pyridine rings is 1. The van der Waals surface area contributed by atoms with Gasteiger partial charge in [-0.25, -0.2) is 0 Å². The fraction of sp³-hybridized carbons (Fsp3) is 0.200. The Kier molecular flexibility index (Phi) is 5.43. The molecule has 0 aliphatic carbocycles. The van der Waals surface area contributed by atoms with Crippen molar-refractivity contribution in [1.29, 1.82) is 0 Å². The molecule has 0 aliphatic heterocycles. The Hall–Kier alpha value is -2.01. The molecule has 1 N–H and O–H groups in total. The summed E-state index contributed by atoms with van der Waals surface area (Å²) in [4.78, 5) is 24.3. The average molecular weight is 288 g/mol. The van der Waals surface area contributed by atoms with Crippen molar-refractivity contribution < 1.29 is 4.79 Å². The van der Waals surface area contributed by atoms with Crippen LogP contribution in [0.2, 0.25) is 0 Å². The molecule has 104 valence electrons. The zero-order valence-corrected chi connectivity index (χ0v) is 11.8. The molecule has 1 amide bonds. The van der Waals surface area contributed by atoms with E-state index in [1.165, 1.54) is 15.5 Å². The predicted octanol–water partition coefficient (Wildman–Crippen LogP) is 1.76. The van der Waals surface area contributed by atoms with Crippen LogP contribution in [0.3, 0.4) is 0 Å². The fourth-order valence-corrected chi connectivity index (χ4v) is 2.47. The van der Waals surface area contributed by atoms with Crippen LogP contribution >= 0.6 is 11.8 Å². The van der Waals surface area contributed by atoms with Gasteiger partial charge in [0.05, 0.1) is 0 Å². The molecule has 0 unspecified atom stereocenters. The van der Waals surface area contributed by atoms with Gasteiger partial charge in [-0.05, 0) is 18.2 Å². The zero-order chi connectivity index (χ0) is 14.2. The SMILES string of the molecule is O=C(Cn1ccccc1=O)NCCSc1ccccc1. The van der Waals surface area contributed by atoms with E-state index in [0.717, 1.165) is 5.75 Å². The Bertz CT molecular complexity index is 611. The van der Waals surface area contributed by atoms with Crippen molar-refractivity contribution in [3.05, 3.63) is 65.1 Å². The Balaban J connectivity index is 1.71. The van der Waals surface area contributed by atoms with Crippen molar-refractivity contribution in [2.24, 2.45) is 0 Å². The molecular weight excluding hydrogens is 272 g/mol. The van der Waals surface area contributed by atoms with Gasteiger partial charge >= 0.3 is 0 Å². The fourth-order valence-electron chi connectivity index (χ4n) is 1.68. The molecule has 1 heterocycles. The molecule has 0 saturated carbocycles. The highest BCUT2D eigenvalue weighted by atomic mass is 32.2. The first-order chi connectivity index (χ1) is 9.75. The largest absolute Gasteiger partial charge is 0.354 e. The topological polar surface area (TPSA) is 51.1 Å². The van der Waals surface area contributed by atoms with Crippen LogP contribution in [0.5, 0.6) is 0 Å². The van der Waals surface area contributed by atoms with Crippen LogP contribution < -0.4 is 10.9 Å². The highest BCUT2D eigenvalue weighted by Crippen LogP contribution is 2.15. The molecule has 0 atom stereocenters. The summed E-state index contributed by atoms with van der Waals surface area (Å²) in [6.07, 6.45) is 1.61. The number of hydrogen-bond donors (Lipinski definition) is 1. The third kappa shape index (κ3) is 4.59. The minimum absolute atomic E-state index is 0.0652. The van der Waals surface area contributed by atoms with Crippen LogP contribution in [0.25, 0.3) is 0 Å². The summed E-state index contributed by atoms with van der Waals surface area (Å²) in [5, 5.41) is 2.81. The van der Waals surface area contributed by atoms with Crippen molar-refractivity contribution in [3.8, 4) is 0 Å². The summed E-state index contributed by atoms with van der Waals surface area (Å²) in [6, 6.07) is 14.9. The molecular formula is C15H16N2O2S. The van der Waals surface area contributed by atoms with E-state index in [9.17, 15) is 9.59 Å². The number of rotatable bonds is 6. The third-order valence-electron chi connectivity index (χ3n) is 2.65. The van der Waals surface area contributed by atoms with Crippen molar-refractivity contribution in [1.82, 2.24) is 9.88 Å². The molecule has 1 aromatic heterocycles. The monoisotopic (exact) mass is 288 g/mol. The zero-order valence-electron chi connectivity index (χ0n) is 11.0. The minimum Gasteiger partial charge on any atom is -0.354 e. The molecule has 20 heavy (non-hydrogen) atoms. The van der Waals surface area contributed by atoms with Gasteiger partial charge in [0.25, 0.3) is 5.56 Å². The van der Waals surface area contributed by atoms with Crippen LogP contribution in [0.15, 0.2) is 64.4 Å². The summed E-state index contributed by atoms with van der Waals surface area (Å²) in [5.41, 5.74) is -0.165. The lowest BCUT2D eigenvalue weighted by molar-refractivity contribution is -0.121. The Morgan fingerprint density at radius 1 is 1.10 bits per heavy atom. The number of nitrogens with zero attached hydrogens (tertiary/aromatic N) is 1. The second-order valence-electron chi connectivity index (χ2n) is 4.18. The number of thioether (sulfide) groups is 1. The van der Waals surface area contributed by atoms with E-state index in [1.54, 1.807) is 30.1 Å². The maximum atomic E-state index is 11.7. The Labute approximate surface area is 121 Å². The molecule has 0 fully saturated rings. The van der Waals surface area contributed by atoms with Gasteiger partial charge in [0.15, 0.2) is 0 Å². The number of nitrogens with one attached hydrogen (secondary N) is 1. The first kappa shape index (κ1) is 14.4. The predicted molar refractivity (Wildman–Crippen MR) is 80.9 cm³/mol. The van der Waals surface area contributed by atoms with E-state index in [2.05, 4.69) is 5.32 Å². The summed E-state index contributed by atoms with van der Waals surface area (Å²) in [7, 11) is 0. The molecule has 1 aromatic carbocycles. The van der Waals surface area contributed by atoms with Crippen LogP contribution in [0, 0.1) is 0 Å². The van der Waals surface area contributed by atoms with Gasteiger partial charge in [-0.1, -0.05) is 24.3 Å². The smallest absolute Gasteiger partial charge is 0.250 e. The number of amides is 1. The molecule has 0 spiro atoms. The van der Waals surface area contributed by atoms with Gasteiger partial charge < -0.3 is 9.88 Å². The van der Waals surface area contributed by atoms with Crippen molar-refractivity contribution in [3.63, 3.8) is 0 Å². The van der Waals surface area contributed by atoms with Crippen molar-refractivity contribution in [2.45, 2.75) is 11.4 Å². The van der Waals surface area contributed by atoms with Crippen LogP contribution in [0.4, 0.5) is 0 Å². The maximum Gasteiger partial charge on any atom is 0.250 e. The molecule has 2 aromatic rings. The van der Waals surface area contributed by atoms with E-state index in [1.807, 2.05) is 30.3 Å². The van der Waals surface area contributed by atoms with E-state index in [0.29, 0.717) is 6.54 Å². The maximum absolute atomic E-state index is 11.7. The number of benzene rings is 1. The molecule has 0 bridgehead atoms. The van der Waals surface area contributed by atoms with Gasteiger partial charge in [-0.3, -0.25) is 9.59 Å². The summed E-state index contributed by atoms with van der Waals surface area (Å²) in [6.45, 7) is 0.648. The summed E-state index contributed by atoms with van der Waals surface area (Å²) < 4.78 is 1.39. The van der Waals surface area contributed by atoms with Gasteiger partial charge in [-0.2, -0.15) is 0 Å². The first-order valence-corrected chi connectivity index (χ1v) is 7.34. The summed E-state index contributed by atoms with van der Waals surface area (Å²) in [5.74, 6) is 0.659. The highest BCUT2D eigenvalue weighted by molar-refractivity contribution is 7.99. The lowest BCUT2D eigenvalue weighted by Crippen LogP contribution is -2.32. The molecule has 0 saturated heterocycles. The molecule has 4 nitrogen and oxygen atoms in total. The summed E-state index contributed by atoms with van der Waals surface area (Å²) >= 11 is 1.69. The van der Waals surface area contributed by atoms with Gasteiger partial charge in [-0.15, -0.1) is 11.8 Å².